The highest BCUT2D eigenvalue weighted by atomic mass is 35.5. The van der Waals surface area contributed by atoms with Gasteiger partial charge in [0.15, 0.2) is 0 Å². The predicted octanol–water partition coefficient (Wildman–Crippen LogP) is 2.56. The van der Waals surface area contributed by atoms with Gasteiger partial charge in [0.2, 0.25) is 5.91 Å². The average Bonchev–Trinajstić information content (AvgIpc) is 3.16. The topological polar surface area (TPSA) is 62.8 Å². The molecule has 0 spiro atoms. The van der Waals surface area contributed by atoms with Crippen molar-refractivity contribution in [3.05, 3.63) is 18.2 Å². The number of ether oxygens (including phenoxy) is 2. The predicted molar refractivity (Wildman–Crippen MR) is 108 cm³/mol. The molecule has 2 aliphatic heterocycles. The molecule has 2 heterocycles. The molecular weight excluding hydrogens is 377 g/mol. The highest BCUT2D eigenvalue weighted by Gasteiger charge is 2.29. The normalized spacial score (nSPS) is 19.9. The lowest BCUT2D eigenvalue weighted by Gasteiger charge is -2.34. The molecule has 2 aliphatic rings. The number of likely N-dealkylation sites (tertiary alicyclic amines) is 1. The van der Waals surface area contributed by atoms with Crippen molar-refractivity contribution >= 4 is 36.4 Å². The lowest BCUT2D eigenvalue weighted by atomic mass is 10.0. The monoisotopic (exact) mass is 405 g/mol. The summed E-state index contributed by atoms with van der Waals surface area (Å²) in [7, 11) is 3.31. The summed E-state index contributed by atoms with van der Waals surface area (Å²) < 4.78 is 10.6. The number of methoxy groups -OCH3 is 2. The number of halogens is 2. The van der Waals surface area contributed by atoms with Gasteiger partial charge in [-0.05, 0) is 25.8 Å². The van der Waals surface area contributed by atoms with E-state index in [-0.39, 0.29) is 30.7 Å². The second-order valence-corrected chi connectivity index (χ2v) is 6.53. The van der Waals surface area contributed by atoms with Gasteiger partial charge in [0, 0.05) is 49.6 Å². The standard InChI is InChI=1S/C18H27N3O3.2ClH/c1-23-16-9-15(10-17(11-16)24-2)20-14-4-7-21(8-5-14)18(22)13-3-6-19-12-13;;/h9-11,13-14,19-20H,3-8,12H2,1-2H3;2*1H. The molecule has 2 saturated heterocycles. The largest absolute Gasteiger partial charge is 0.497 e. The fourth-order valence-electron chi connectivity index (χ4n) is 3.49. The summed E-state index contributed by atoms with van der Waals surface area (Å²) in [4.78, 5) is 14.5. The van der Waals surface area contributed by atoms with Crippen molar-refractivity contribution in [2.45, 2.75) is 25.3 Å². The molecule has 0 radical (unpaired) electrons. The van der Waals surface area contributed by atoms with E-state index in [2.05, 4.69) is 10.6 Å². The van der Waals surface area contributed by atoms with Crippen molar-refractivity contribution in [1.29, 1.82) is 0 Å². The van der Waals surface area contributed by atoms with Gasteiger partial charge in [-0.2, -0.15) is 0 Å². The van der Waals surface area contributed by atoms with Crippen LogP contribution in [-0.4, -0.2) is 57.2 Å². The Labute approximate surface area is 167 Å². The zero-order chi connectivity index (χ0) is 16.9. The number of benzene rings is 1. The molecule has 1 aromatic carbocycles. The highest BCUT2D eigenvalue weighted by molar-refractivity contribution is 5.85. The molecule has 148 valence electrons. The van der Waals surface area contributed by atoms with Crippen LogP contribution in [0.5, 0.6) is 11.5 Å². The molecule has 0 saturated carbocycles. The highest BCUT2D eigenvalue weighted by Crippen LogP contribution is 2.27. The van der Waals surface area contributed by atoms with Crippen LogP contribution in [0.15, 0.2) is 18.2 Å². The average molecular weight is 406 g/mol. The first kappa shape index (κ1) is 22.7. The van der Waals surface area contributed by atoms with E-state index in [4.69, 9.17) is 9.47 Å². The number of amides is 1. The van der Waals surface area contributed by atoms with Crippen LogP contribution in [0.3, 0.4) is 0 Å². The number of rotatable bonds is 5. The van der Waals surface area contributed by atoms with Gasteiger partial charge >= 0.3 is 0 Å². The first-order chi connectivity index (χ1) is 11.7. The molecule has 26 heavy (non-hydrogen) atoms. The maximum atomic E-state index is 12.5. The minimum atomic E-state index is 0. The molecule has 0 aliphatic carbocycles. The molecule has 1 atom stereocenters. The van der Waals surface area contributed by atoms with Crippen molar-refractivity contribution in [2.75, 3.05) is 45.7 Å². The van der Waals surface area contributed by atoms with Crippen LogP contribution in [-0.2, 0) is 4.79 Å². The number of nitrogens with one attached hydrogen (secondary N) is 2. The van der Waals surface area contributed by atoms with E-state index >= 15 is 0 Å². The third-order valence-electron chi connectivity index (χ3n) is 4.94. The van der Waals surface area contributed by atoms with Crippen LogP contribution < -0.4 is 20.1 Å². The third kappa shape index (κ3) is 5.56. The molecule has 8 heteroatoms. The van der Waals surface area contributed by atoms with Crippen LogP contribution in [0.25, 0.3) is 0 Å². The maximum Gasteiger partial charge on any atom is 0.227 e. The molecule has 1 amide bonds. The van der Waals surface area contributed by atoms with Crippen LogP contribution >= 0.6 is 24.8 Å². The number of anilines is 1. The molecular formula is C18H29Cl2N3O3. The Balaban J connectivity index is 0.00000169. The summed E-state index contributed by atoms with van der Waals surface area (Å²) in [5.74, 6) is 2.05. The quantitative estimate of drug-likeness (QED) is 0.787. The Bertz CT molecular complexity index is 553. The van der Waals surface area contributed by atoms with Crippen LogP contribution in [0, 0.1) is 5.92 Å². The van der Waals surface area contributed by atoms with Crippen molar-refractivity contribution < 1.29 is 14.3 Å². The van der Waals surface area contributed by atoms with E-state index in [1.807, 2.05) is 23.1 Å². The number of carbonyl (C=O) groups is 1. The Morgan fingerprint density at radius 1 is 1.08 bits per heavy atom. The van der Waals surface area contributed by atoms with Crippen molar-refractivity contribution in [2.24, 2.45) is 5.92 Å². The molecule has 0 aromatic heterocycles. The van der Waals surface area contributed by atoms with E-state index < -0.39 is 0 Å². The smallest absolute Gasteiger partial charge is 0.227 e. The van der Waals surface area contributed by atoms with Gasteiger partial charge in [-0.25, -0.2) is 0 Å². The van der Waals surface area contributed by atoms with E-state index in [0.29, 0.717) is 11.9 Å². The summed E-state index contributed by atoms with van der Waals surface area (Å²) in [6.07, 6.45) is 2.90. The molecule has 2 fully saturated rings. The number of piperidine rings is 1. The Kier molecular flexibility index (Phi) is 9.33. The summed E-state index contributed by atoms with van der Waals surface area (Å²) in [6, 6.07) is 6.18. The van der Waals surface area contributed by atoms with Crippen molar-refractivity contribution in [3.63, 3.8) is 0 Å². The Morgan fingerprint density at radius 2 is 1.69 bits per heavy atom. The summed E-state index contributed by atoms with van der Waals surface area (Å²) in [5.41, 5.74) is 0.996. The minimum absolute atomic E-state index is 0. The Morgan fingerprint density at radius 3 is 2.19 bits per heavy atom. The van der Waals surface area contributed by atoms with Crippen LogP contribution in [0.4, 0.5) is 5.69 Å². The van der Waals surface area contributed by atoms with Gasteiger partial charge < -0.3 is 25.0 Å². The molecule has 2 N–H and O–H groups in total. The second kappa shape index (κ2) is 10.7. The first-order valence-electron chi connectivity index (χ1n) is 8.68. The van der Waals surface area contributed by atoms with Gasteiger partial charge in [0.1, 0.15) is 11.5 Å². The fraction of sp³-hybridized carbons (Fsp3) is 0.611. The SMILES string of the molecule is COc1cc(NC2CCN(C(=O)C3CCNC3)CC2)cc(OC)c1.Cl.Cl. The third-order valence-corrected chi connectivity index (χ3v) is 4.94. The van der Waals surface area contributed by atoms with Gasteiger partial charge in [-0.1, -0.05) is 0 Å². The lowest BCUT2D eigenvalue weighted by Crippen LogP contribution is -2.45. The molecule has 1 unspecified atom stereocenters. The van der Waals surface area contributed by atoms with E-state index in [9.17, 15) is 4.79 Å². The maximum absolute atomic E-state index is 12.5. The van der Waals surface area contributed by atoms with Crippen LogP contribution in [0.2, 0.25) is 0 Å². The number of carbonyl (C=O) groups excluding carboxylic acids is 1. The summed E-state index contributed by atoms with van der Waals surface area (Å²) in [6.45, 7) is 3.45. The minimum Gasteiger partial charge on any atom is -0.497 e. The second-order valence-electron chi connectivity index (χ2n) is 6.53. The molecule has 6 nitrogen and oxygen atoms in total. The first-order valence-corrected chi connectivity index (χ1v) is 8.68. The van der Waals surface area contributed by atoms with Gasteiger partial charge in [0.05, 0.1) is 20.1 Å². The zero-order valence-electron chi connectivity index (χ0n) is 15.3. The van der Waals surface area contributed by atoms with Crippen molar-refractivity contribution in [1.82, 2.24) is 10.2 Å². The Hall–Kier alpha value is -1.37. The van der Waals surface area contributed by atoms with Gasteiger partial charge in [0.25, 0.3) is 0 Å². The van der Waals surface area contributed by atoms with Gasteiger partial charge in [-0.15, -0.1) is 24.8 Å². The fourth-order valence-corrected chi connectivity index (χ4v) is 3.49. The lowest BCUT2D eigenvalue weighted by molar-refractivity contribution is -0.135. The summed E-state index contributed by atoms with van der Waals surface area (Å²) in [5, 5.41) is 6.82. The van der Waals surface area contributed by atoms with Crippen molar-refractivity contribution in [3.8, 4) is 11.5 Å². The van der Waals surface area contributed by atoms with Gasteiger partial charge in [-0.3, -0.25) is 4.79 Å². The van der Waals surface area contributed by atoms with Crippen LogP contribution in [0.1, 0.15) is 19.3 Å². The van der Waals surface area contributed by atoms with E-state index in [1.54, 1.807) is 14.2 Å². The number of hydrogen-bond donors (Lipinski definition) is 2. The summed E-state index contributed by atoms with van der Waals surface area (Å²) >= 11 is 0. The zero-order valence-corrected chi connectivity index (χ0v) is 17.0. The molecule has 1 aromatic rings. The molecule has 0 bridgehead atoms. The number of hydrogen-bond acceptors (Lipinski definition) is 5. The van der Waals surface area contributed by atoms with E-state index in [1.165, 1.54) is 0 Å². The number of nitrogens with zero attached hydrogens (tertiary/aromatic N) is 1. The van der Waals surface area contributed by atoms with E-state index in [0.717, 1.165) is 62.6 Å². The molecule has 3 rings (SSSR count).